The Morgan fingerprint density at radius 3 is 2.35 bits per heavy atom. The van der Waals surface area contributed by atoms with Gasteiger partial charge in [0.05, 0.1) is 22.4 Å². The van der Waals surface area contributed by atoms with Crippen molar-refractivity contribution in [2.24, 2.45) is 0 Å². The van der Waals surface area contributed by atoms with Gasteiger partial charge in [-0.25, -0.2) is 4.68 Å². The highest BCUT2D eigenvalue weighted by Gasteiger charge is 2.21. The van der Waals surface area contributed by atoms with E-state index in [0.29, 0.717) is 16.4 Å². The number of rotatable bonds is 5. The summed E-state index contributed by atoms with van der Waals surface area (Å²) in [4.78, 5) is 13.3. The molecule has 0 aliphatic heterocycles. The first-order valence-corrected chi connectivity index (χ1v) is 10.6. The average Bonchev–Trinajstić information content (AvgIpc) is 3.22. The van der Waals surface area contributed by atoms with Gasteiger partial charge >= 0.3 is 0 Å². The van der Waals surface area contributed by atoms with E-state index in [4.69, 9.17) is 16.7 Å². The number of benzene rings is 3. The second-order valence-electron chi connectivity index (χ2n) is 7.68. The van der Waals surface area contributed by atoms with Crippen molar-refractivity contribution in [3.63, 3.8) is 0 Å². The molecule has 0 saturated heterocycles. The Labute approximate surface area is 187 Å². The molecule has 4 aromatic rings. The Hall–Kier alpha value is -3.37. The van der Waals surface area contributed by atoms with Crippen molar-refractivity contribution in [1.82, 2.24) is 15.1 Å². The van der Waals surface area contributed by atoms with Crippen molar-refractivity contribution < 1.29 is 4.79 Å². The molecular formula is C26H24ClN3O. The van der Waals surface area contributed by atoms with Crippen LogP contribution in [0, 0.1) is 13.8 Å². The molecule has 1 atom stereocenters. The van der Waals surface area contributed by atoms with Crippen LogP contribution in [0.15, 0.2) is 78.9 Å². The largest absolute Gasteiger partial charge is 0.344 e. The van der Waals surface area contributed by atoms with Crippen LogP contribution in [0.5, 0.6) is 0 Å². The minimum Gasteiger partial charge on any atom is -0.344 e. The Bertz CT molecular complexity index is 1230. The summed E-state index contributed by atoms with van der Waals surface area (Å²) in [5.41, 5.74) is 6.20. The first-order chi connectivity index (χ1) is 14.9. The van der Waals surface area contributed by atoms with Gasteiger partial charge in [-0.2, -0.15) is 5.10 Å². The lowest BCUT2D eigenvalue weighted by molar-refractivity contribution is 0.0932. The third kappa shape index (κ3) is 4.39. The van der Waals surface area contributed by atoms with Gasteiger partial charge in [0.2, 0.25) is 0 Å². The molecule has 1 unspecified atom stereocenters. The van der Waals surface area contributed by atoms with Crippen molar-refractivity contribution in [2.45, 2.75) is 26.8 Å². The maximum Gasteiger partial charge on any atom is 0.270 e. The normalized spacial score (nSPS) is 11.9. The van der Waals surface area contributed by atoms with Crippen LogP contribution >= 0.6 is 11.6 Å². The summed E-state index contributed by atoms with van der Waals surface area (Å²) < 4.78 is 1.62. The first-order valence-electron chi connectivity index (χ1n) is 10.2. The monoisotopic (exact) mass is 429 g/mol. The number of aryl methyl sites for hydroxylation is 2. The van der Waals surface area contributed by atoms with E-state index in [-0.39, 0.29) is 11.9 Å². The summed E-state index contributed by atoms with van der Waals surface area (Å²) in [6, 6.07) is 25.1. The molecule has 1 heterocycles. The van der Waals surface area contributed by atoms with Crippen LogP contribution in [0.3, 0.4) is 0 Å². The van der Waals surface area contributed by atoms with E-state index in [1.165, 1.54) is 11.1 Å². The van der Waals surface area contributed by atoms with Crippen LogP contribution in [0.2, 0.25) is 5.02 Å². The number of halogens is 1. The predicted octanol–water partition coefficient (Wildman–Crippen LogP) is 6.30. The number of nitrogens with zero attached hydrogens (tertiary/aromatic N) is 2. The number of hydrogen-bond donors (Lipinski definition) is 1. The van der Waals surface area contributed by atoms with E-state index in [0.717, 1.165) is 16.8 Å². The van der Waals surface area contributed by atoms with Gasteiger partial charge in [0.15, 0.2) is 0 Å². The molecule has 4 rings (SSSR count). The van der Waals surface area contributed by atoms with Crippen molar-refractivity contribution in [1.29, 1.82) is 0 Å². The van der Waals surface area contributed by atoms with Crippen molar-refractivity contribution in [3.05, 3.63) is 106 Å². The topological polar surface area (TPSA) is 46.9 Å². The number of amides is 1. The number of carbonyl (C=O) groups excluding carboxylic acids is 1. The number of carbonyl (C=O) groups is 1. The number of aromatic nitrogens is 2. The summed E-state index contributed by atoms with van der Waals surface area (Å²) >= 11 is 6.45. The second kappa shape index (κ2) is 8.78. The van der Waals surface area contributed by atoms with Gasteiger partial charge in [-0.15, -0.1) is 0 Å². The van der Waals surface area contributed by atoms with Crippen molar-refractivity contribution >= 4 is 17.5 Å². The number of para-hydroxylation sites is 1. The van der Waals surface area contributed by atoms with Gasteiger partial charge in [0.1, 0.15) is 5.69 Å². The van der Waals surface area contributed by atoms with Crippen LogP contribution < -0.4 is 5.32 Å². The number of nitrogens with one attached hydrogen (secondary N) is 1. The highest BCUT2D eigenvalue weighted by Crippen LogP contribution is 2.27. The molecule has 1 N–H and O–H groups in total. The zero-order chi connectivity index (χ0) is 22.0. The van der Waals surface area contributed by atoms with Gasteiger partial charge < -0.3 is 5.32 Å². The minimum absolute atomic E-state index is 0.145. The lowest BCUT2D eigenvalue weighted by Crippen LogP contribution is -2.28. The molecule has 0 fully saturated rings. The Kier molecular flexibility index (Phi) is 5.92. The van der Waals surface area contributed by atoms with Crippen molar-refractivity contribution in [3.8, 4) is 16.9 Å². The Balaban J connectivity index is 1.76. The van der Waals surface area contributed by atoms with Crippen LogP contribution in [0.1, 0.15) is 40.1 Å². The standard InChI is InChI=1S/C26H24ClN3O/c1-17-13-14-21(15-18(17)2)23-16-25(30(29-23)24-12-8-7-11-22(24)27)26(31)28-19(3)20-9-5-4-6-10-20/h4-16,19H,1-3H3,(H,28,31). The van der Waals surface area contributed by atoms with Crippen LogP contribution in [0.4, 0.5) is 0 Å². The molecule has 0 saturated carbocycles. The molecule has 156 valence electrons. The van der Waals surface area contributed by atoms with Crippen molar-refractivity contribution in [2.75, 3.05) is 0 Å². The Morgan fingerprint density at radius 1 is 0.935 bits per heavy atom. The molecule has 1 aromatic heterocycles. The van der Waals surface area contributed by atoms with E-state index >= 15 is 0 Å². The predicted molar refractivity (Wildman–Crippen MR) is 126 cm³/mol. The highest BCUT2D eigenvalue weighted by atomic mass is 35.5. The summed E-state index contributed by atoms with van der Waals surface area (Å²) in [7, 11) is 0. The molecule has 1 amide bonds. The second-order valence-corrected chi connectivity index (χ2v) is 8.09. The molecule has 0 aliphatic rings. The van der Waals surface area contributed by atoms with Gasteiger partial charge in [-0.05, 0) is 61.7 Å². The summed E-state index contributed by atoms with van der Waals surface area (Å²) in [5, 5.41) is 8.37. The van der Waals surface area contributed by atoms with E-state index in [1.807, 2.05) is 67.6 Å². The van der Waals surface area contributed by atoms with Gasteiger partial charge in [-0.1, -0.05) is 66.2 Å². The van der Waals surface area contributed by atoms with E-state index in [9.17, 15) is 4.79 Å². The first kappa shape index (κ1) is 20.9. The molecule has 0 spiro atoms. The zero-order valence-electron chi connectivity index (χ0n) is 17.8. The molecule has 0 radical (unpaired) electrons. The van der Waals surface area contributed by atoms with Gasteiger partial charge in [-0.3, -0.25) is 4.79 Å². The summed E-state index contributed by atoms with van der Waals surface area (Å²) in [5.74, 6) is -0.209. The van der Waals surface area contributed by atoms with E-state index < -0.39 is 0 Å². The van der Waals surface area contributed by atoms with Crippen LogP contribution in [-0.4, -0.2) is 15.7 Å². The quantitative estimate of drug-likeness (QED) is 0.404. The van der Waals surface area contributed by atoms with Gasteiger partial charge in [0.25, 0.3) is 5.91 Å². The number of hydrogen-bond acceptors (Lipinski definition) is 2. The van der Waals surface area contributed by atoms with E-state index in [2.05, 4.69) is 31.3 Å². The molecule has 0 bridgehead atoms. The molecule has 3 aromatic carbocycles. The van der Waals surface area contributed by atoms with E-state index in [1.54, 1.807) is 10.7 Å². The zero-order valence-corrected chi connectivity index (χ0v) is 18.5. The lowest BCUT2D eigenvalue weighted by atomic mass is 10.0. The third-order valence-corrected chi connectivity index (χ3v) is 5.79. The van der Waals surface area contributed by atoms with Crippen LogP contribution in [0.25, 0.3) is 16.9 Å². The molecular weight excluding hydrogens is 406 g/mol. The highest BCUT2D eigenvalue weighted by molar-refractivity contribution is 6.32. The average molecular weight is 430 g/mol. The molecule has 4 nitrogen and oxygen atoms in total. The fourth-order valence-electron chi connectivity index (χ4n) is 3.49. The molecule has 31 heavy (non-hydrogen) atoms. The van der Waals surface area contributed by atoms with Gasteiger partial charge in [0, 0.05) is 5.56 Å². The molecule has 5 heteroatoms. The van der Waals surface area contributed by atoms with Crippen LogP contribution in [-0.2, 0) is 0 Å². The third-order valence-electron chi connectivity index (χ3n) is 5.47. The minimum atomic E-state index is -0.209. The molecule has 0 aliphatic carbocycles. The fraction of sp³-hybridized carbons (Fsp3) is 0.154. The SMILES string of the molecule is Cc1ccc(-c2cc(C(=O)NC(C)c3ccccc3)n(-c3ccccc3Cl)n2)cc1C. The maximum absolute atomic E-state index is 13.3. The smallest absolute Gasteiger partial charge is 0.270 e. The fourth-order valence-corrected chi connectivity index (χ4v) is 3.70. The Morgan fingerprint density at radius 2 is 1.65 bits per heavy atom. The summed E-state index contributed by atoms with van der Waals surface area (Å²) in [6.45, 7) is 6.11. The lowest BCUT2D eigenvalue weighted by Gasteiger charge is -2.15. The maximum atomic E-state index is 13.3. The summed E-state index contributed by atoms with van der Waals surface area (Å²) in [6.07, 6.45) is 0.